The summed E-state index contributed by atoms with van der Waals surface area (Å²) in [7, 11) is 0. The number of nitrogens with zero attached hydrogens (tertiary/aromatic N) is 1. The summed E-state index contributed by atoms with van der Waals surface area (Å²) in [6, 6.07) is 1.51. The zero-order chi connectivity index (χ0) is 19.1. The summed E-state index contributed by atoms with van der Waals surface area (Å²) < 4.78 is 10.1. The quantitative estimate of drug-likeness (QED) is 0.124. The third-order valence-electron chi connectivity index (χ3n) is 3.24. The Morgan fingerprint density at radius 3 is 2.24 bits per heavy atom. The fourth-order valence-electron chi connectivity index (χ4n) is 2.00. The van der Waals surface area contributed by atoms with Crippen LogP contribution in [0.3, 0.4) is 0 Å². The molecule has 11 nitrogen and oxygen atoms in total. The van der Waals surface area contributed by atoms with Crippen LogP contribution in [0.25, 0.3) is 0 Å². The van der Waals surface area contributed by atoms with Crippen LogP contribution in [0.2, 0.25) is 0 Å². The van der Waals surface area contributed by atoms with Gasteiger partial charge in [0.1, 0.15) is 30.5 Å². The van der Waals surface area contributed by atoms with E-state index in [0.717, 1.165) is 6.08 Å². The van der Waals surface area contributed by atoms with Gasteiger partial charge in [0.15, 0.2) is 0 Å². The first kappa shape index (κ1) is 20.6. The van der Waals surface area contributed by atoms with Crippen molar-refractivity contribution in [2.75, 3.05) is 6.61 Å². The van der Waals surface area contributed by atoms with Crippen LogP contribution < -0.4 is 0 Å². The van der Waals surface area contributed by atoms with Crippen molar-refractivity contribution >= 4 is 11.9 Å². The molecule has 0 radical (unpaired) electrons. The summed E-state index contributed by atoms with van der Waals surface area (Å²) in [5.74, 6) is -3.44. The third-order valence-corrected chi connectivity index (χ3v) is 3.24. The van der Waals surface area contributed by atoms with Gasteiger partial charge in [-0.3, -0.25) is 4.79 Å². The highest BCUT2D eigenvalue weighted by Crippen LogP contribution is 2.25. The van der Waals surface area contributed by atoms with Crippen molar-refractivity contribution in [3.63, 3.8) is 0 Å². The van der Waals surface area contributed by atoms with Crippen molar-refractivity contribution < 1.29 is 49.7 Å². The number of ether oxygens (including phenoxy) is 2. The largest absolute Gasteiger partial charge is 0.481 e. The molecule has 138 valence electrons. The zero-order valence-corrected chi connectivity index (χ0v) is 12.7. The minimum Gasteiger partial charge on any atom is -0.481 e. The van der Waals surface area contributed by atoms with Crippen LogP contribution in [0.5, 0.6) is 0 Å². The second-order valence-corrected chi connectivity index (χ2v) is 5.02. The normalized spacial score (nSPS) is 30.4. The Kier molecular flexibility index (Phi) is 7.49. The molecule has 0 aromatic carbocycles. The molecule has 1 saturated heterocycles. The Hall–Kier alpha value is -2.49. The van der Waals surface area contributed by atoms with Crippen LogP contribution >= 0.6 is 0 Å². The van der Waals surface area contributed by atoms with Crippen molar-refractivity contribution in [3.05, 3.63) is 23.5 Å². The van der Waals surface area contributed by atoms with E-state index in [2.05, 4.69) is 0 Å². The molecule has 1 rings (SSSR count). The number of hydrogen-bond donors (Lipinski definition) is 6. The number of hydrogen-bond acceptors (Lipinski definition) is 9. The van der Waals surface area contributed by atoms with Crippen molar-refractivity contribution in [1.29, 1.82) is 5.26 Å². The summed E-state index contributed by atoms with van der Waals surface area (Å²) in [5, 5.41) is 64.8. The molecule has 0 amide bonds. The van der Waals surface area contributed by atoms with Gasteiger partial charge in [-0.2, -0.15) is 5.26 Å². The number of carboxylic acid groups (broad SMARTS) is 2. The van der Waals surface area contributed by atoms with Gasteiger partial charge in [-0.15, -0.1) is 0 Å². The van der Waals surface area contributed by atoms with Gasteiger partial charge in [0.05, 0.1) is 13.0 Å². The standard InChI is InChI=1S/C14H17NO10/c15-4-7(6(3-10(19)20)1-2-9(17)18)24-14-13(23)12(22)11(21)8(5-16)25-14/h1-2,8,11-14,16,21-23H,3,5H2,(H,17,18)(H,19,20)/b2-1-,7-6-. The molecule has 0 aromatic heterocycles. The van der Waals surface area contributed by atoms with Gasteiger partial charge in [-0.1, -0.05) is 0 Å². The van der Waals surface area contributed by atoms with Crippen LogP contribution in [0.15, 0.2) is 23.5 Å². The third kappa shape index (κ3) is 5.52. The van der Waals surface area contributed by atoms with E-state index in [0.29, 0.717) is 6.08 Å². The fourth-order valence-corrected chi connectivity index (χ4v) is 2.00. The summed E-state index contributed by atoms with van der Waals surface area (Å²) in [4.78, 5) is 21.4. The second kappa shape index (κ2) is 9.11. The molecule has 0 aliphatic carbocycles. The number of aliphatic hydroxyl groups excluding tert-OH is 4. The van der Waals surface area contributed by atoms with Crippen LogP contribution in [0.1, 0.15) is 6.42 Å². The number of rotatable bonds is 7. The monoisotopic (exact) mass is 359 g/mol. The number of nitriles is 1. The van der Waals surface area contributed by atoms with Crippen molar-refractivity contribution in [3.8, 4) is 6.07 Å². The molecule has 1 fully saturated rings. The number of allylic oxidation sites excluding steroid dienone is 2. The van der Waals surface area contributed by atoms with Crippen molar-refractivity contribution in [2.24, 2.45) is 0 Å². The maximum Gasteiger partial charge on any atom is 0.328 e. The van der Waals surface area contributed by atoms with Crippen molar-refractivity contribution in [1.82, 2.24) is 0 Å². The molecule has 5 atom stereocenters. The molecule has 1 aliphatic rings. The molecule has 25 heavy (non-hydrogen) atoms. The van der Waals surface area contributed by atoms with Gasteiger partial charge >= 0.3 is 11.9 Å². The summed E-state index contributed by atoms with van der Waals surface area (Å²) in [5.41, 5.74) is -0.325. The van der Waals surface area contributed by atoms with E-state index < -0.39 is 61.4 Å². The number of aliphatic hydroxyl groups is 4. The Morgan fingerprint density at radius 2 is 1.76 bits per heavy atom. The highest BCUT2D eigenvalue weighted by molar-refractivity contribution is 5.81. The molecule has 0 saturated carbocycles. The lowest BCUT2D eigenvalue weighted by Crippen LogP contribution is -2.59. The Bertz CT molecular complexity index is 605. The van der Waals surface area contributed by atoms with Gasteiger partial charge in [0, 0.05) is 11.6 Å². The molecular weight excluding hydrogens is 342 g/mol. The Balaban J connectivity index is 3.12. The Labute approximate surface area is 141 Å². The molecule has 0 bridgehead atoms. The van der Waals surface area contributed by atoms with Crippen LogP contribution in [0, 0.1) is 11.3 Å². The lowest BCUT2D eigenvalue weighted by molar-refractivity contribution is -0.290. The highest BCUT2D eigenvalue weighted by Gasteiger charge is 2.45. The molecule has 0 spiro atoms. The molecular formula is C14H17NO10. The van der Waals surface area contributed by atoms with Crippen LogP contribution in [-0.4, -0.2) is 79.9 Å². The second-order valence-electron chi connectivity index (χ2n) is 5.02. The fraction of sp³-hybridized carbons (Fsp3) is 0.500. The van der Waals surface area contributed by atoms with E-state index in [-0.39, 0.29) is 5.57 Å². The molecule has 5 unspecified atom stereocenters. The summed E-state index contributed by atoms with van der Waals surface area (Å²) >= 11 is 0. The average Bonchev–Trinajstić information content (AvgIpc) is 2.55. The van der Waals surface area contributed by atoms with E-state index >= 15 is 0 Å². The highest BCUT2D eigenvalue weighted by atomic mass is 16.7. The smallest absolute Gasteiger partial charge is 0.328 e. The van der Waals surface area contributed by atoms with Crippen molar-refractivity contribution in [2.45, 2.75) is 37.1 Å². The van der Waals surface area contributed by atoms with E-state index in [1.54, 1.807) is 0 Å². The maximum absolute atomic E-state index is 10.9. The first-order valence-corrected chi connectivity index (χ1v) is 6.94. The van der Waals surface area contributed by atoms with E-state index in [9.17, 15) is 24.9 Å². The predicted molar refractivity (Wildman–Crippen MR) is 76.5 cm³/mol. The van der Waals surface area contributed by atoms with Crippen LogP contribution in [-0.2, 0) is 19.1 Å². The SMILES string of the molecule is N#C/C(OC1OC(CO)C(O)C(O)C1O)=C(\C=C/C(=O)O)CC(=O)O. The van der Waals surface area contributed by atoms with Gasteiger partial charge in [-0.25, -0.2) is 4.79 Å². The molecule has 6 N–H and O–H groups in total. The van der Waals surface area contributed by atoms with E-state index in [1.807, 2.05) is 0 Å². The number of carboxylic acids is 2. The van der Waals surface area contributed by atoms with Gasteiger partial charge < -0.3 is 40.1 Å². The number of carbonyl (C=O) groups is 2. The average molecular weight is 359 g/mol. The van der Waals surface area contributed by atoms with Gasteiger partial charge in [0.2, 0.25) is 12.0 Å². The van der Waals surface area contributed by atoms with E-state index in [4.69, 9.17) is 30.1 Å². The number of aliphatic carboxylic acids is 2. The lowest BCUT2D eigenvalue weighted by Gasteiger charge is -2.39. The Morgan fingerprint density at radius 1 is 1.12 bits per heavy atom. The van der Waals surface area contributed by atoms with Crippen LogP contribution in [0.4, 0.5) is 0 Å². The molecule has 1 heterocycles. The summed E-state index contributed by atoms with van der Waals surface area (Å²) in [6.07, 6.45) is -7.54. The molecule has 1 aliphatic heterocycles. The summed E-state index contributed by atoms with van der Waals surface area (Å²) in [6.45, 7) is -0.725. The first-order valence-electron chi connectivity index (χ1n) is 6.94. The zero-order valence-electron chi connectivity index (χ0n) is 12.7. The van der Waals surface area contributed by atoms with Gasteiger partial charge in [0.25, 0.3) is 0 Å². The molecule has 0 aromatic rings. The van der Waals surface area contributed by atoms with E-state index in [1.165, 1.54) is 6.07 Å². The predicted octanol–water partition coefficient (Wildman–Crippen LogP) is -2.30. The topological polar surface area (TPSA) is 198 Å². The maximum atomic E-state index is 10.9. The minimum absolute atomic E-state index is 0.325. The minimum atomic E-state index is -1.81. The first-order chi connectivity index (χ1) is 11.7. The molecule has 11 heteroatoms. The van der Waals surface area contributed by atoms with Gasteiger partial charge in [-0.05, 0) is 6.08 Å². The lowest BCUT2D eigenvalue weighted by atomic mass is 9.99.